The minimum Gasteiger partial charge on any atom is -0.304 e. The molecule has 0 aliphatic heterocycles. The van der Waals surface area contributed by atoms with Crippen molar-refractivity contribution in [1.82, 2.24) is 5.32 Å². The summed E-state index contributed by atoms with van der Waals surface area (Å²) in [7, 11) is 0. The standard InChI is InChI=1S/C17H19BrClN/c1-12-10-16(19)9-4-13(12)11-20-17(2,3)14-5-7-15(18)8-6-14/h4-10,20H,11H2,1-3H3. The van der Waals surface area contributed by atoms with Crippen LogP contribution in [0.25, 0.3) is 0 Å². The minimum atomic E-state index is -0.0766. The van der Waals surface area contributed by atoms with E-state index in [-0.39, 0.29) is 5.54 Å². The molecule has 0 atom stereocenters. The van der Waals surface area contributed by atoms with Crippen LogP contribution in [-0.4, -0.2) is 0 Å². The Morgan fingerprint density at radius 1 is 1.10 bits per heavy atom. The van der Waals surface area contributed by atoms with Crippen LogP contribution in [0.5, 0.6) is 0 Å². The second-order valence-corrected chi connectivity index (χ2v) is 6.91. The molecule has 0 aliphatic carbocycles. The van der Waals surface area contributed by atoms with E-state index in [0.29, 0.717) is 0 Å². The lowest BCUT2D eigenvalue weighted by Gasteiger charge is -2.27. The van der Waals surface area contributed by atoms with Gasteiger partial charge in [0.05, 0.1) is 0 Å². The van der Waals surface area contributed by atoms with Gasteiger partial charge in [-0.2, -0.15) is 0 Å². The Morgan fingerprint density at radius 2 is 1.75 bits per heavy atom. The maximum Gasteiger partial charge on any atom is 0.0408 e. The summed E-state index contributed by atoms with van der Waals surface area (Å²) in [6.07, 6.45) is 0. The first-order valence-electron chi connectivity index (χ1n) is 6.64. The van der Waals surface area contributed by atoms with E-state index in [2.05, 4.69) is 72.3 Å². The molecule has 3 heteroatoms. The van der Waals surface area contributed by atoms with Crippen molar-refractivity contribution in [3.8, 4) is 0 Å². The summed E-state index contributed by atoms with van der Waals surface area (Å²) < 4.78 is 1.10. The molecule has 0 fully saturated rings. The zero-order chi connectivity index (χ0) is 14.8. The Bertz CT molecular complexity index is 590. The molecule has 0 heterocycles. The summed E-state index contributed by atoms with van der Waals surface area (Å²) in [6, 6.07) is 14.5. The summed E-state index contributed by atoms with van der Waals surface area (Å²) in [5, 5.41) is 4.40. The second kappa shape index (κ2) is 6.30. The quantitative estimate of drug-likeness (QED) is 0.773. The summed E-state index contributed by atoms with van der Waals surface area (Å²) >= 11 is 9.46. The Kier molecular flexibility index (Phi) is 4.90. The van der Waals surface area contributed by atoms with Crippen LogP contribution in [0, 0.1) is 6.92 Å². The van der Waals surface area contributed by atoms with Gasteiger partial charge in [-0.05, 0) is 61.7 Å². The number of nitrogens with one attached hydrogen (secondary N) is 1. The maximum atomic E-state index is 5.99. The number of aryl methyl sites for hydroxylation is 1. The maximum absolute atomic E-state index is 5.99. The second-order valence-electron chi connectivity index (χ2n) is 5.56. The van der Waals surface area contributed by atoms with Gasteiger partial charge in [-0.1, -0.05) is 45.7 Å². The lowest BCUT2D eigenvalue weighted by Crippen LogP contribution is -2.36. The van der Waals surface area contributed by atoms with Gasteiger partial charge in [0.2, 0.25) is 0 Å². The molecule has 0 unspecified atom stereocenters. The summed E-state index contributed by atoms with van der Waals surface area (Å²) in [5.74, 6) is 0. The van der Waals surface area contributed by atoms with Crippen LogP contribution >= 0.6 is 27.5 Å². The highest BCUT2D eigenvalue weighted by Gasteiger charge is 2.19. The van der Waals surface area contributed by atoms with E-state index >= 15 is 0 Å². The lowest BCUT2D eigenvalue weighted by molar-refractivity contribution is 0.401. The third-order valence-electron chi connectivity index (χ3n) is 3.59. The molecule has 0 bridgehead atoms. The van der Waals surface area contributed by atoms with Gasteiger partial charge >= 0.3 is 0 Å². The topological polar surface area (TPSA) is 12.0 Å². The molecule has 1 nitrogen and oxygen atoms in total. The Labute approximate surface area is 134 Å². The minimum absolute atomic E-state index is 0.0766. The van der Waals surface area contributed by atoms with Crippen molar-refractivity contribution in [2.45, 2.75) is 32.9 Å². The first kappa shape index (κ1) is 15.6. The molecule has 0 amide bonds. The van der Waals surface area contributed by atoms with Gasteiger partial charge in [0.25, 0.3) is 0 Å². The van der Waals surface area contributed by atoms with E-state index in [9.17, 15) is 0 Å². The predicted molar refractivity (Wildman–Crippen MR) is 90.2 cm³/mol. The summed E-state index contributed by atoms with van der Waals surface area (Å²) in [6.45, 7) is 7.31. The van der Waals surface area contributed by atoms with Crippen molar-refractivity contribution in [3.05, 3.63) is 68.7 Å². The smallest absolute Gasteiger partial charge is 0.0408 e. The van der Waals surface area contributed by atoms with Crippen LogP contribution in [0.2, 0.25) is 5.02 Å². The number of halogens is 2. The average Bonchev–Trinajstić information content (AvgIpc) is 2.38. The third kappa shape index (κ3) is 3.85. The van der Waals surface area contributed by atoms with Gasteiger partial charge in [0, 0.05) is 21.6 Å². The fourth-order valence-electron chi connectivity index (χ4n) is 2.14. The van der Waals surface area contributed by atoms with Gasteiger partial charge in [-0.3, -0.25) is 0 Å². The molecule has 0 saturated heterocycles. The van der Waals surface area contributed by atoms with E-state index in [1.54, 1.807) is 0 Å². The molecule has 20 heavy (non-hydrogen) atoms. The molecule has 1 N–H and O–H groups in total. The van der Waals surface area contributed by atoms with E-state index in [0.717, 1.165) is 16.0 Å². The largest absolute Gasteiger partial charge is 0.304 e. The molecule has 0 saturated carbocycles. The Balaban J connectivity index is 2.10. The van der Waals surface area contributed by atoms with Gasteiger partial charge in [-0.25, -0.2) is 0 Å². The number of hydrogen-bond donors (Lipinski definition) is 1. The number of benzene rings is 2. The highest BCUT2D eigenvalue weighted by atomic mass is 79.9. The van der Waals surface area contributed by atoms with Crippen LogP contribution in [0.15, 0.2) is 46.9 Å². The number of rotatable bonds is 4. The van der Waals surface area contributed by atoms with E-state index < -0.39 is 0 Å². The molecule has 0 aliphatic rings. The first-order valence-corrected chi connectivity index (χ1v) is 7.82. The van der Waals surface area contributed by atoms with Gasteiger partial charge in [0.1, 0.15) is 0 Å². The molecule has 2 rings (SSSR count). The van der Waals surface area contributed by atoms with E-state index in [1.807, 2.05) is 12.1 Å². The molecule has 0 aromatic heterocycles. The normalized spacial score (nSPS) is 11.7. The molecule has 2 aromatic rings. The average molecular weight is 353 g/mol. The van der Waals surface area contributed by atoms with Gasteiger partial charge < -0.3 is 5.32 Å². The predicted octanol–water partition coefficient (Wildman–Crippen LogP) is 5.44. The molecule has 106 valence electrons. The van der Waals surface area contributed by atoms with Crippen molar-refractivity contribution < 1.29 is 0 Å². The van der Waals surface area contributed by atoms with Crippen LogP contribution in [0.1, 0.15) is 30.5 Å². The molecule has 2 aromatic carbocycles. The van der Waals surface area contributed by atoms with Crippen molar-refractivity contribution in [2.75, 3.05) is 0 Å². The molecular weight excluding hydrogens is 334 g/mol. The number of hydrogen-bond acceptors (Lipinski definition) is 1. The fraction of sp³-hybridized carbons (Fsp3) is 0.294. The summed E-state index contributed by atoms with van der Waals surface area (Å²) in [5.41, 5.74) is 3.69. The highest BCUT2D eigenvalue weighted by molar-refractivity contribution is 9.10. The van der Waals surface area contributed by atoms with Crippen LogP contribution in [0.3, 0.4) is 0 Å². The van der Waals surface area contributed by atoms with Crippen molar-refractivity contribution >= 4 is 27.5 Å². The fourth-order valence-corrected chi connectivity index (χ4v) is 2.63. The summed E-state index contributed by atoms with van der Waals surface area (Å²) in [4.78, 5) is 0. The monoisotopic (exact) mass is 351 g/mol. The highest BCUT2D eigenvalue weighted by Crippen LogP contribution is 2.23. The lowest BCUT2D eigenvalue weighted by atomic mass is 9.94. The van der Waals surface area contributed by atoms with Crippen molar-refractivity contribution in [1.29, 1.82) is 0 Å². The van der Waals surface area contributed by atoms with Crippen LogP contribution < -0.4 is 5.32 Å². The van der Waals surface area contributed by atoms with E-state index in [4.69, 9.17) is 11.6 Å². The Morgan fingerprint density at radius 3 is 2.35 bits per heavy atom. The van der Waals surface area contributed by atoms with E-state index in [1.165, 1.54) is 16.7 Å². The van der Waals surface area contributed by atoms with Gasteiger partial charge in [-0.15, -0.1) is 0 Å². The Hall–Kier alpha value is -0.830. The molecule has 0 spiro atoms. The molecular formula is C17H19BrClN. The van der Waals surface area contributed by atoms with Crippen LogP contribution in [-0.2, 0) is 12.1 Å². The van der Waals surface area contributed by atoms with Gasteiger partial charge in [0.15, 0.2) is 0 Å². The zero-order valence-corrected chi connectivity index (χ0v) is 14.3. The first-order chi connectivity index (χ1) is 9.38. The molecule has 0 radical (unpaired) electrons. The SMILES string of the molecule is Cc1cc(Cl)ccc1CNC(C)(C)c1ccc(Br)cc1. The van der Waals surface area contributed by atoms with Crippen molar-refractivity contribution in [3.63, 3.8) is 0 Å². The van der Waals surface area contributed by atoms with Crippen LogP contribution in [0.4, 0.5) is 0 Å². The van der Waals surface area contributed by atoms with Crippen molar-refractivity contribution in [2.24, 2.45) is 0 Å². The third-order valence-corrected chi connectivity index (χ3v) is 4.36. The zero-order valence-electron chi connectivity index (χ0n) is 12.0.